The fourth-order valence-electron chi connectivity index (χ4n) is 0.996. The molecule has 0 spiro atoms. The Balaban J connectivity index is 2.97. The zero-order valence-corrected chi connectivity index (χ0v) is 11.9. The molecule has 0 aliphatic rings. The molecule has 1 aromatic carbocycles. The maximum atomic E-state index is 10.6. The Morgan fingerprint density at radius 3 is 2.76 bits per heavy atom. The maximum absolute atomic E-state index is 10.6. The quantitative estimate of drug-likeness (QED) is 0.464. The zero-order chi connectivity index (χ0) is 13.1. The number of hydrogen-bond donors (Lipinski definition) is 0. The minimum Gasteiger partial charge on any atom is -0.433 e. The van der Waals surface area contributed by atoms with Gasteiger partial charge in [0.05, 0.1) is 17.6 Å². The van der Waals surface area contributed by atoms with Crippen molar-refractivity contribution in [3.05, 3.63) is 33.3 Å². The van der Waals surface area contributed by atoms with Crippen LogP contribution in [0.5, 0.6) is 5.75 Å². The smallest absolute Gasteiger partial charge is 0.332 e. The third-order valence-corrected chi connectivity index (χ3v) is 3.97. The van der Waals surface area contributed by atoms with E-state index >= 15 is 0 Å². The van der Waals surface area contributed by atoms with Gasteiger partial charge in [-0.3, -0.25) is 10.1 Å². The summed E-state index contributed by atoms with van der Waals surface area (Å²) < 4.78 is 10.2. The molecular formula is C8H8Cl2NO4PS. The number of rotatable bonds is 5. The van der Waals surface area contributed by atoms with Gasteiger partial charge in [0.15, 0.2) is 0 Å². The minimum atomic E-state index is -2.94. The molecule has 5 nitrogen and oxygen atoms in total. The van der Waals surface area contributed by atoms with Gasteiger partial charge < -0.3 is 9.05 Å². The van der Waals surface area contributed by atoms with Crippen molar-refractivity contribution < 1.29 is 14.0 Å². The number of nitrogens with zero attached hydrogens (tertiary/aromatic N) is 1. The molecule has 0 radical (unpaired) electrons. The first-order valence-corrected chi connectivity index (χ1v) is 8.35. The summed E-state index contributed by atoms with van der Waals surface area (Å²) in [4.78, 5) is 10.0. The summed E-state index contributed by atoms with van der Waals surface area (Å²) in [5.41, 5.74) is -0.271. The fourth-order valence-corrected chi connectivity index (χ4v) is 3.01. The van der Waals surface area contributed by atoms with E-state index in [9.17, 15) is 10.1 Å². The van der Waals surface area contributed by atoms with E-state index in [4.69, 9.17) is 43.7 Å². The van der Waals surface area contributed by atoms with Crippen LogP contribution in [0, 0.1) is 10.1 Å². The van der Waals surface area contributed by atoms with Crippen molar-refractivity contribution in [3.8, 4) is 5.75 Å². The highest BCUT2D eigenvalue weighted by atomic mass is 35.7. The molecule has 9 heteroatoms. The lowest BCUT2D eigenvalue weighted by molar-refractivity contribution is -0.384. The SMILES string of the molecule is CCOP(=S)(Cl)Oc1ccc(Cl)c([N+](=O)[O-])c1. The van der Waals surface area contributed by atoms with Crippen LogP contribution in [-0.2, 0) is 16.3 Å². The second-order valence-electron chi connectivity index (χ2n) is 2.81. The highest BCUT2D eigenvalue weighted by molar-refractivity contribution is 8.22. The van der Waals surface area contributed by atoms with Gasteiger partial charge in [-0.2, -0.15) is 0 Å². The molecule has 0 aromatic heterocycles. The Hall–Kier alpha value is -0.390. The molecule has 0 bridgehead atoms. The van der Waals surface area contributed by atoms with Crippen molar-refractivity contribution in [1.82, 2.24) is 0 Å². The molecule has 1 rings (SSSR count). The number of hydrogen-bond acceptors (Lipinski definition) is 5. The Morgan fingerprint density at radius 1 is 1.59 bits per heavy atom. The van der Waals surface area contributed by atoms with Crippen LogP contribution in [0.15, 0.2) is 18.2 Å². The van der Waals surface area contributed by atoms with Crippen molar-refractivity contribution in [3.63, 3.8) is 0 Å². The van der Waals surface area contributed by atoms with E-state index in [0.717, 1.165) is 6.07 Å². The van der Waals surface area contributed by atoms with E-state index in [1.807, 2.05) is 0 Å². The van der Waals surface area contributed by atoms with Gasteiger partial charge >= 0.3 is 5.84 Å². The number of benzene rings is 1. The number of nitro groups is 1. The van der Waals surface area contributed by atoms with Crippen molar-refractivity contribution in [2.75, 3.05) is 6.61 Å². The summed E-state index contributed by atoms with van der Waals surface area (Å²) in [7, 11) is 0. The summed E-state index contributed by atoms with van der Waals surface area (Å²) in [6, 6.07) is 3.94. The predicted molar refractivity (Wildman–Crippen MR) is 70.5 cm³/mol. The van der Waals surface area contributed by atoms with Gasteiger partial charge in [-0.25, -0.2) is 0 Å². The van der Waals surface area contributed by atoms with Crippen molar-refractivity contribution in [2.45, 2.75) is 6.92 Å². The van der Waals surface area contributed by atoms with Gasteiger partial charge in [0.1, 0.15) is 10.8 Å². The second kappa shape index (κ2) is 5.98. The molecule has 0 fully saturated rings. The Labute approximate surface area is 113 Å². The normalized spacial score (nSPS) is 14.1. The van der Waals surface area contributed by atoms with Gasteiger partial charge in [0, 0.05) is 0 Å². The van der Waals surface area contributed by atoms with Crippen molar-refractivity contribution >= 4 is 46.2 Å². The molecule has 0 aliphatic heterocycles. The van der Waals surface area contributed by atoms with Gasteiger partial charge in [-0.05, 0) is 42.1 Å². The fraction of sp³-hybridized carbons (Fsp3) is 0.250. The molecule has 1 unspecified atom stereocenters. The molecule has 0 saturated heterocycles. The molecule has 0 amide bonds. The molecule has 1 aromatic rings. The van der Waals surface area contributed by atoms with Crippen LogP contribution < -0.4 is 4.52 Å². The lowest BCUT2D eigenvalue weighted by Gasteiger charge is -2.14. The molecular weight excluding hydrogens is 308 g/mol. The first-order valence-electron chi connectivity index (χ1n) is 4.43. The molecule has 1 atom stereocenters. The second-order valence-corrected chi connectivity index (χ2v) is 7.90. The van der Waals surface area contributed by atoms with E-state index in [2.05, 4.69) is 0 Å². The topological polar surface area (TPSA) is 61.6 Å². The minimum absolute atomic E-state index is 0.0154. The lowest BCUT2D eigenvalue weighted by atomic mass is 10.3. The van der Waals surface area contributed by atoms with Crippen LogP contribution in [0.4, 0.5) is 5.69 Å². The molecule has 0 aliphatic carbocycles. The van der Waals surface area contributed by atoms with E-state index in [-0.39, 0.29) is 16.5 Å². The third kappa shape index (κ3) is 4.41. The third-order valence-electron chi connectivity index (χ3n) is 1.61. The largest absolute Gasteiger partial charge is 0.433 e. The van der Waals surface area contributed by atoms with Crippen LogP contribution in [0.1, 0.15) is 6.92 Å². The standard InChI is InChI=1S/C8H8Cl2NO4PS/c1-2-14-16(10,17)15-6-3-4-7(9)8(5-6)11(12)13/h3-5H,2H2,1H3. The van der Waals surface area contributed by atoms with Crippen molar-refractivity contribution in [2.24, 2.45) is 0 Å². The molecule has 17 heavy (non-hydrogen) atoms. The molecule has 0 heterocycles. The van der Waals surface area contributed by atoms with Crippen LogP contribution in [0.3, 0.4) is 0 Å². The van der Waals surface area contributed by atoms with Gasteiger partial charge in [0.2, 0.25) is 0 Å². The molecule has 0 saturated carbocycles. The Morgan fingerprint density at radius 2 is 2.24 bits per heavy atom. The zero-order valence-electron chi connectivity index (χ0n) is 8.63. The highest BCUT2D eigenvalue weighted by Crippen LogP contribution is 2.54. The van der Waals surface area contributed by atoms with Crippen LogP contribution in [0.2, 0.25) is 5.02 Å². The summed E-state index contributed by atoms with van der Waals surface area (Å²) in [6.07, 6.45) is 0. The molecule has 0 N–H and O–H groups in total. The van der Waals surface area contributed by atoms with Gasteiger partial charge in [-0.1, -0.05) is 11.6 Å². The van der Waals surface area contributed by atoms with E-state index < -0.39 is 10.8 Å². The Bertz CT molecular complexity index is 485. The van der Waals surface area contributed by atoms with Gasteiger partial charge in [-0.15, -0.1) is 0 Å². The number of nitro benzene ring substituents is 1. The van der Waals surface area contributed by atoms with E-state index in [1.54, 1.807) is 6.92 Å². The summed E-state index contributed by atoms with van der Waals surface area (Å²) >= 11 is 16.4. The summed E-state index contributed by atoms with van der Waals surface area (Å²) in [5, 5.41) is 10.7. The summed E-state index contributed by atoms with van der Waals surface area (Å²) in [5.74, 6) is -2.78. The number of halogens is 2. The van der Waals surface area contributed by atoms with Crippen LogP contribution in [0.25, 0.3) is 0 Å². The highest BCUT2D eigenvalue weighted by Gasteiger charge is 2.19. The van der Waals surface area contributed by atoms with Crippen LogP contribution >= 0.6 is 28.7 Å². The lowest BCUT2D eigenvalue weighted by Crippen LogP contribution is -1.94. The average Bonchev–Trinajstić information content (AvgIpc) is 2.20. The first kappa shape index (κ1) is 14.7. The Kier molecular flexibility index (Phi) is 5.16. The van der Waals surface area contributed by atoms with Crippen molar-refractivity contribution in [1.29, 1.82) is 0 Å². The first-order chi connectivity index (χ1) is 7.85. The average molecular weight is 316 g/mol. The monoisotopic (exact) mass is 315 g/mol. The van der Waals surface area contributed by atoms with E-state index in [1.165, 1.54) is 12.1 Å². The van der Waals surface area contributed by atoms with E-state index in [0.29, 0.717) is 6.61 Å². The summed E-state index contributed by atoms with van der Waals surface area (Å²) in [6.45, 7) is 2.02. The predicted octanol–water partition coefficient (Wildman–Crippen LogP) is 4.13. The van der Waals surface area contributed by atoms with Crippen LogP contribution in [-0.4, -0.2) is 11.5 Å². The van der Waals surface area contributed by atoms with Gasteiger partial charge in [0.25, 0.3) is 5.69 Å². The maximum Gasteiger partial charge on any atom is 0.332 e. The molecule has 94 valence electrons.